The van der Waals surface area contributed by atoms with Gasteiger partial charge in [-0.2, -0.15) is 5.26 Å². The maximum atomic E-state index is 12.7. The van der Waals surface area contributed by atoms with Crippen LogP contribution in [0.4, 0.5) is 5.69 Å². The van der Waals surface area contributed by atoms with Crippen LogP contribution in [0.3, 0.4) is 0 Å². The second-order valence-electron chi connectivity index (χ2n) is 5.84. The lowest BCUT2D eigenvalue weighted by atomic mass is 10.2. The number of halogens is 1. The molecule has 1 atom stereocenters. The van der Waals surface area contributed by atoms with Gasteiger partial charge in [0, 0.05) is 23.3 Å². The van der Waals surface area contributed by atoms with E-state index in [0.29, 0.717) is 11.6 Å². The Bertz CT molecular complexity index is 600. The summed E-state index contributed by atoms with van der Waals surface area (Å²) in [6.45, 7) is 3.40. The number of aryl methyl sites for hydroxylation is 1. The molecule has 1 fully saturated rings. The molecule has 1 aromatic rings. The Labute approximate surface area is 142 Å². The fraction of sp³-hybridized carbons (Fsp3) is 0.529. The second kappa shape index (κ2) is 8.30. The number of amides is 1. The number of aliphatic hydroxyl groups excluding tert-OH is 1. The molecule has 0 bridgehead atoms. The highest BCUT2D eigenvalue weighted by Crippen LogP contribution is 2.24. The normalized spacial score (nSPS) is 17.9. The van der Waals surface area contributed by atoms with Crippen molar-refractivity contribution in [1.82, 2.24) is 4.90 Å². The first-order valence-corrected chi connectivity index (χ1v) is 8.23. The molecule has 6 heteroatoms. The largest absolute Gasteiger partial charge is 0.395 e. The number of nitrogens with zero attached hydrogens (tertiary/aromatic N) is 3. The molecule has 2 rings (SSSR count). The smallest absolute Gasteiger partial charge is 0.241 e. The predicted molar refractivity (Wildman–Crippen MR) is 90.5 cm³/mol. The van der Waals surface area contributed by atoms with Gasteiger partial charge in [0.05, 0.1) is 25.6 Å². The molecule has 0 spiro atoms. The van der Waals surface area contributed by atoms with Crippen molar-refractivity contribution < 1.29 is 9.90 Å². The van der Waals surface area contributed by atoms with Crippen LogP contribution in [-0.2, 0) is 4.79 Å². The molecule has 1 unspecified atom stereocenters. The average molecular weight is 336 g/mol. The number of hydrogen-bond acceptors (Lipinski definition) is 4. The van der Waals surface area contributed by atoms with E-state index in [4.69, 9.17) is 16.9 Å². The predicted octanol–water partition coefficient (Wildman–Crippen LogP) is 2.35. The third-order valence-electron chi connectivity index (χ3n) is 4.25. The van der Waals surface area contributed by atoms with Gasteiger partial charge in [-0.15, -0.1) is 0 Å². The molecule has 23 heavy (non-hydrogen) atoms. The summed E-state index contributed by atoms with van der Waals surface area (Å²) in [4.78, 5) is 16.4. The Morgan fingerprint density at radius 3 is 3.00 bits per heavy atom. The zero-order chi connectivity index (χ0) is 16.8. The fourth-order valence-electron chi connectivity index (χ4n) is 2.93. The van der Waals surface area contributed by atoms with Crippen LogP contribution in [0.25, 0.3) is 0 Å². The third-order valence-corrected chi connectivity index (χ3v) is 4.67. The maximum absolute atomic E-state index is 12.7. The zero-order valence-electron chi connectivity index (χ0n) is 13.3. The van der Waals surface area contributed by atoms with Crippen molar-refractivity contribution in [2.75, 3.05) is 31.1 Å². The Balaban J connectivity index is 2.15. The molecule has 5 nitrogen and oxygen atoms in total. The number of rotatable bonds is 6. The highest BCUT2D eigenvalue weighted by molar-refractivity contribution is 6.31. The molecule has 1 N–H and O–H groups in total. The van der Waals surface area contributed by atoms with Crippen molar-refractivity contribution in [3.8, 4) is 6.07 Å². The first-order chi connectivity index (χ1) is 11.1. The Morgan fingerprint density at radius 2 is 2.35 bits per heavy atom. The molecule has 0 radical (unpaired) electrons. The van der Waals surface area contributed by atoms with E-state index in [9.17, 15) is 9.90 Å². The summed E-state index contributed by atoms with van der Waals surface area (Å²) >= 11 is 6.05. The van der Waals surface area contributed by atoms with Crippen molar-refractivity contribution in [3.05, 3.63) is 28.8 Å². The quantitative estimate of drug-likeness (QED) is 0.866. The van der Waals surface area contributed by atoms with E-state index in [1.807, 2.05) is 17.9 Å². The van der Waals surface area contributed by atoms with E-state index >= 15 is 0 Å². The lowest BCUT2D eigenvalue weighted by Gasteiger charge is -2.27. The van der Waals surface area contributed by atoms with Gasteiger partial charge in [0.15, 0.2) is 0 Å². The molecule has 1 amide bonds. The minimum atomic E-state index is -0.0534. The summed E-state index contributed by atoms with van der Waals surface area (Å²) in [5, 5.41) is 18.9. The van der Waals surface area contributed by atoms with Gasteiger partial charge in [-0.3, -0.25) is 9.69 Å². The van der Waals surface area contributed by atoms with Gasteiger partial charge in [0.2, 0.25) is 5.91 Å². The van der Waals surface area contributed by atoms with E-state index in [1.165, 1.54) is 0 Å². The molecule has 1 heterocycles. The van der Waals surface area contributed by atoms with Crippen molar-refractivity contribution in [3.63, 3.8) is 0 Å². The highest BCUT2D eigenvalue weighted by atomic mass is 35.5. The van der Waals surface area contributed by atoms with Crippen LogP contribution in [0.5, 0.6) is 0 Å². The molecular weight excluding hydrogens is 314 g/mol. The number of likely N-dealkylation sites (tertiary alicyclic amines) is 1. The van der Waals surface area contributed by atoms with Crippen LogP contribution in [0.2, 0.25) is 5.02 Å². The van der Waals surface area contributed by atoms with Crippen molar-refractivity contribution in [1.29, 1.82) is 5.26 Å². The van der Waals surface area contributed by atoms with E-state index in [0.717, 1.165) is 30.6 Å². The molecule has 0 aromatic heterocycles. The number of benzene rings is 1. The molecule has 1 aliphatic heterocycles. The number of hydrogen-bond donors (Lipinski definition) is 1. The summed E-state index contributed by atoms with van der Waals surface area (Å²) in [6.07, 6.45) is 2.19. The van der Waals surface area contributed by atoms with E-state index < -0.39 is 0 Å². The van der Waals surface area contributed by atoms with Crippen LogP contribution in [-0.4, -0.2) is 48.2 Å². The standard InChI is InChI=1S/C17H22ClN3O2/c1-13-10-14(5-6-16(13)18)21(9-3-7-19)17(23)11-20-8-2-4-15(20)12-22/h5-6,10,15,22H,2-4,8-9,11-12H2,1H3. The Hall–Kier alpha value is -1.61. The van der Waals surface area contributed by atoms with E-state index in [1.54, 1.807) is 17.0 Å². The van der Waals surface area contributed by atoms with Crippen molar-refractivity contribution >= 4 is 23.2 Å². The number of carbonyl (C=O) groups excluding carboxylic acids is 1. The topological polar surface area (TPSA) is 67.6 Å². The number of aliphatic hydroxyl groups is 1. The van der Waals surface area contributed by atoms with Gasteiger partial charge in [-0.05, 0) is 50.1 Å². The molecular formula is C17H22ClN3O2. The van der Waals surface area contributed by atoms with Gasteiger partial charge in [-0.1, -0.05) is 11.6 Å². The molecule has 1 aliphatic rings. The first-order valence-electron chi connectivity index (χ1n) is 7.85. The van der Waals surface area contributed by atoms with Gasteiger partial charge in [0.1, 0.15) is 0 Å². The number of carbonyl (C=O) groups is 1. The van der Waals surface area contributed by atoms with Gasteiger partial charge < -0.3 is 10.0 Å². The van der Waals surface area contributed by atoms with Gasteiger partial charge in [-0.25, -0.2) is 0 Å². The maximum Gasteiger partial charge on any atom is 0.241 e. The van der Waals surface area contributed by atoms with Crippen LogP contribution >= 0.6 is 11.6 Å². The van der Waals surface area contributed by atoms with Crippen molar-refractivity contribution in [2.24, 2.45) is 0 Å². The average Bonchev–Trinajstić information content (AvgIpc) is 2.98. The SMILES string of the molecule is Cc1cc(N(CCC#N)C(=O)CN2CCCC2CO)ccc1Cl. The van der Waals surface area contributed by atoms with Gasteiger partial charge in [0.25, 0.3) is 0 Å². The number of anilines is 1. The summed E-state index contributed by atoms with van der Waals surface area (Å²) < 4.78 is 0. The minimum absolute atomic E-state index is 0.0534. The molecule has 1 saturated heterocycles. The van der Waals surface area contributed by atoms with Gasteiger partial charge >= 0.3 is 0 Å². The van der Waals surface area contributed by atoms with E-state index in [2.05, 4.69) is 6.07 Å². The minimum Gasteiger partial charge on any atom is -0.395 e. The first kappa shape index (κ1) is 17.7. The highest BCUT2D eigenvalue weighted by Gasteiger charge is 2.27. The van der Waals surface area contributed by atoms with Crippen LogP contribution in [0.1, 0.15) is 24.8 Å². The molecule has 0 saturated carbocycles. The zero-order valence-corrected chi connectivity index (χ0v) is 14.1. The third kappa shape index (κ3) is 4.44. The van der Waals surface area contributed by atoms with Crippen molar-refractivity contribution in [2.45, 2.75) is 32.2 Å². The summed E-state index contributed by atoms with van der Waals surface area (Å²) in [6, 6.07) is 7.59. The molecule has 124 valence electrons. The molecule has 0 aliphatic carbocycles. The van der Waals surface area contributed by atoms with Crippen LogP contribution in [0.15, 0.2) is 18.2 Å². The second-order valence-corrected chi connectivity index (χ2v) is 6.24. The monoisotopic (exact) mass is 335 g/mol. The summed E-state index contributed by atoms with van der Waals surface area (Å²) in [5.41, 5.74) is 1.65. The van der Waals surface area contributed by atoms with Crippen LogP contribution in [0, 0.1) is 18.3 Å². The number of nitriles is 1. The van der Waals surface area contributed by atoms with Crippen LogP contribution < -0.4 is 4.90 Å². The summed E-state index contributed by atoms with van der Waals surface area (Å²) in [7, 11) is 0. The molecule has 1 aromatic carbocycles. The summed E-state index contributed by atoms with van der Waals surface area (Å²) in [5.74, 6) is -0.0534. The fourth-order valence-corrected chi connectivity index (χ4v) is 3.04. The Kier molecular flexibility index (Phi) is 6.40. The lowest BCUT2D eigenvalue weighted by molar-refractivity contribution is -0.120. The lowest BCUT2D eigenvalue weighted by Crippen LogP contribution is -2.43. The van der Waals surface area contributed by atoms with E-state index in [-0.39, 0.29) is 31.5 Å². The Morgan fingerprint density at radius 1 is 1.57 bits per heavy atom.